The van der Waals surface area contributed by atoms with Gasteiger partial charge in [-0.15, -0.1) is 0 Å². The van der Waals surface area contributed by atoms with Gasteiger partial charge in [0.05, 0.1) is 0 Å². The van der Waals surface area contributed by atoms with Crippen molar-refractivity contribution in [3.63, 3.8) is 0 Å². The number of hydrazine groups is 1. The van der Waals surface area contributed by atoms with E-state index in [1.54, 1.807) is 5.01 Å². The number of hydrogen-bond acceptors (Lipinski definition) is 3. The molecule has 0 bridgehead atoms. The quantitative estimate of drug-likeness (QED) is 0.898. The third-order valence-electron chi connectivity index (χ3n) is 4.76. The maximum Gasteiger partial charge on any atom is 0.267 e. The molecule has 2 N–H and O–H groups in total. The van der Waals surface area contributed by atoms with Gasteiger partial charge >= 0.3 is 0 Å². The summed E-state index contributed by atoms with van der Waals surface area (Å²) in [5.41, 5.74) is 6.59. The maximum atomic E-state index is 12.8. The van der Waals surface area contributed by atoms with Crippen LogP contribution in [0.3, 0.4) is 0 Å². The van der Waals surface area contributed by atoms with Gasteiger partial charge in [-0.25, -0.2) is 5.43 Å². The summed E-state index contributed by atoms with van der Waals surface area (Å²) in [6.07, 6.45) is 3.00. The molecule has 3 unspecified atom stereocenters. The van der Waals surface area contributed by atoms with Crippen molar-refractivity contribution in [2.45, 2.75) is 58.2 Å². The third kappa shape index (κ3) is 2.52. The summed E-state index contributed by atoms with van der Waals surface area (Å²) in [5.74, 6) is 0.396. The van der Waals surface area contributed by atoms with Gasteiger partial charge < -0.3 is 5.32 Å². The number of carbonyl (C=O) groups excluding carboxylic acids is 1. The van der Waals surface area contributed by atoms with Crippen molar-refractivity contribution in [3.05, 3.63) is 47.2 Å². The van der Waals surface area contributed by atoms with Gasteiger partial charge in [0.1, 0.15) is 6.17 Å². The number of carbonyl (C=O) groups is 1. The molecule has 22 heavy (non-hydrogen) atoms. The summed E-state index contributed by atoms with van der Waals surface area (Å²) in [7, 11) is 0. The van der Waals surface area contributed by atoms with E-state index < -0.39 is 0 Å². The van der Waals surface area contributed by atoms with Crippen molar-refractivity contribution < 1.29 is 4.79 Å². The molecule has 0 saturated carbocycles. The fraction of sp³-hybridized carbons (Fsp3) is 0.500. The lowest BCUT2D eigenvalue weighted by molar-refractivity contribution is -0.133. The monoisotopic (exact) mass is 299 g/mol. The van der Waals surface area contributed by atoms with E-state index in [0.717, 1.165) is 30.5 Å². The summed E-state index contributed by atoms with van der Waals surface area (Å²) in [5, 5.41) is 5.37. The Hall–Kier alpha value is -1.81. The van der Waals surface area contributed by atoms with Crippen LogP contribution >= 0.6 is 0 Å². The minimum Gasteiger partial charge on any atom is -0.367 e. The standard InChI is InChI=1S/C18H25N3O/c1-4-5-11-15-12(2)19-17-16(14-9-7-6-8-10-14)13(3)20-21(17)18(15)22/h6-10,13,16-17,19-20H,4-5,11H2,1-3H3. The molecular weight excluding hydrogens is 274 g/mol. The molecule has 1 amide bonds. The Morgan fingerprint density at radius 3 is 2.64 bits per heavy atom. The molecule has 1 saturated heterocycles. The van der Waals surface area contributed by atoms with E-state index in [-0.39, 0.29) is 24.0 Å². The van der Waals surface area contributed by atoms with E-state index in [2.05, 4.69) is 48.9 Å². The molecule has 1 aromatic rings. The van der Waals surface area contributed by atoms with Crippen LogP contribution in [0.4, 0.5) is 0 Å². The number of benzene rings is 1. The molecule has 0 aromatic heterocycles. The van der Waals surface area contributed by atoms with E-state index in [9.17, 15) is 4.79 Å². The number of rotatable bonds is 4. The van der Waals surface area contributed by atoms with E-state index >= 15 is 0 Å². The summed E-state index contributed by atoms with van der Waals surface area (Å²) in [6, 6.07) is 10.7. The SMILES string of the molecule is CCCCC1=C(C)NC2C(c3ccccc3)C(C)NN2C1=O. The first-order valence-corrected chi connectivity index (χ1v) is 8.24. The Balaban J connectivity index is 1.89. The van der Waals surface area contributed by atoms with Crippen LogP contribution in [0, 0.1) is 0 Å². The molecule has 1 fully saturated rings. The minimum atomic E-state index is -0.00437. The third-order valence-corrected chi connectivity index (χ3v) is 4.76. The van der Waals surface area contributed by atoms with Crippen molar-refractivity contribution in [2.75, 3.05) is 0 Å². The molecule has 4 nitrogen and oxygen atoms in total. The van der Waals surface area contributed by atoms with E-state index in [4.69, 9.17) is 0 Å². The average Bonchev–Trinajstić information content (AvgIpc) is 2.84. The van der Waals surface area contributed by atoms with Gasteiger partial charge in [0.25, 0.3) is 5.91 Å². The van der Waals surface area contributed by atoms with Crippen molar-refractivity contribution >= 4 is 5.91 Å². The molecule has 0 spiro atoms. The highest BCUT2D eigenvalue weighted by Crippen LogP contribution is 2.35. The largest absolute Gasteiger partial charge is 0.367 e. The lowest BCUT2D eigenvalue weighted by Gasteiger charge is -2.35. The van der Waals surface area contributed by atoms with E-state index in [1.165, 1.54) is 5.56 Å². The molecule has 0 radical (unpaired) electrons. The van der Waals surface area contributed by atoms with Crippen LogP contribution in [0.25, 0.3) is 0 Å². The number of allylic oxidation sites excluding steroid dienone is 1. The Kier molecular flexibility index (Phi) is 4.21. The fourth-order valence-electron chi connectivity index (χ4n) is 3.56. The number of hydrogen-bond donors (Lipinski definition) is 2. The first-order chi connectivity index (χ1) is 10.6. The highest BCUT2D eigenvalue weighted by Gasteiger charge is 2.45. The van der Waals surface area contributed by atoms with E-state index in [0.29, 0.717) is 0 Å². The predicted octanol–water partition coefficient (Wildman–Crippen LogP) is 2.90. The number of nitrogens with zero attached hydrogens (tertiary/aromatic N) is 1. The number of fused-ring (bicyclic) bond motifs is 1. The Morgan fingerprint density at radius 2 is 1.95 bits per heavy atom. The summed E-state index contributed by atoms with van der Waals surface area (Å²) >= 11 is 0. The highest BCUT2D eigenvalue weighted by molar-refractivity contribution is 5.95. The molecule has 2 aliphatic heterocycles. The second-order valence-corrected chi connectivity index (χ2v) is 6.33. The smallest absolute Gasteiger partial charge is 0.267 e. The average molecular weight is 299 g/mol. The second-order valence-electron chi connectivity index (χ2n) is 6.33. The fourth-order valence-corrected chi connectivity index (χ4v) is 3.56. The molecule has 0 aliphatic carbocycles. The molecule has 2 heterocycles. The van der Waals surface area contributed by atoms with Crippen LogP contribution in [0.2, 0.25) is 0 Å². The molecule has 4 heteroatoms. The van der Waals surface area contributed by atoms with Crippen LogP contribution < -0.4 is 10.7 Å². The summed E-state index contributed by atoms with van der Waals surface area (Å²) in [6.45, 7) is 6.33. The Bertz CT molecular complexity index is 581. The van der Waals surface area contributed by atoms with Gasteiger partial charge in [-0.3, -0.25) is 9.80 Å². The van der Waals surface area contributed by atoms with Gasteiger partial charge in [0.2, 0.25) is 0 Å². The minimum absolute atomic E-state index is 0.00437. The molecule has 3 atom stereocenters. The van der Waals surface area contributed by atoms with Gasteiger partial charge in [-0.2, -0.15) is 0 Å². The van der Waals surface area contributed by atoms with Crippen LogP contribution in [0.15, 0.2) is 41.6 Å². The first kappa shape index (κ1) is 15.1. The van der Waals surface area contributed by atoms with Crippen molar-refractivity contribution in [2.24, 2.45) is 0 Å². The molecule has 118 valence electrons. The maximum absolute atomic E-state index is 12.8. The normalized spacial score (nSPS) is 27.9. The number of nitrogens with one attached hydrogen (secondary N) is 2. The van der Waals surface area contributed by atoms with Crippen molar-refractivity contribution in [3.8, 4) is 0 Å². The molecule has 3 rings (SSSR count). The first-order valence-electron chi connectivity index (χ1n) is 8.24. The lowest BCUT2D eigenvalue weighted by atomic mass is 9.90. The second kappa shape index (κ2) is 6.13. The van der Waals surface area contributed by atoms with Crippen LogP contribution in [-0.2, 0) is 4.79 Å². The Morgan fingerprint density at radius 1 is 1.23 bits per heavy atom. The zero-order valence-corrected chi connectivity index (χ0v) is 13.6. The molecular formula is C18H25N3O. The number of amides is 1. The molecule has 2 aliphatic rings. The van der Waals surface area contributed by atoms with Crippen molar-refractivity contribution in [1.82, 2.24) is 15.8 Å². The van der Waals surface area contributed by atoms with Gasteiger partial charge in [0.15, 0.2) is 0 Å². The summed E-state index contributed by atoms with van der Waals surface area (Å²) < 4.78 is 0. The topological polar surface area (TPSA) is 44.4 Å². The van der Waals surface area contributed by atoms with Gasteiger partial charge in [-0.05, 0) is 32.3 Å². The molecule has 1 aromatic carbocycles. The van der Waals surface area contributed by atoms with Crippen molar-refractivity contribution in [1.29, 1.82) is 0 Å². The highest BCUT2D eigenvalue weighted by atomic mass is 16.2. The van der Waals surface area contributed by atoms with Gasteiger partial charge in [-0.1, -0.05) is 43.7 Å². The Labute approximate surface area is 132 Å². The van der Waals surface area contributed by atoms with E-state index in [1.807, 2.05) is 13.0 Å². The van der Waals surface area contributed by atoms with Crippen LogP contribution in [0.5, 0.6) is 0 Å². The number of unbranched alkanes of at least 4 members (excludes halogenated alkanes) is 1. The van der Waals surface area contributed by atoms with Crippen LogP contribution in [-0.4, -0.2) is 23.1 Å². The zero-order valence-electron chi connectivity index (χ0n) is 13.6. The van der Waals surface area contributed by atoms with Crippen LogP contribution in [0.1, 0.15) is 51.5 Å². The summed E-state index contributed by atoms with van der Waals surface area (Å²) in [4.78, 5) is 12.8. The lowest BCUT2D eigenvalue weighted by Crippen LogP contribution is -2.54. The predicted molar refractivity (Wildman–Crippen MR) is 87.8 cm³/mol. The van der Waals surface area contributed by atoms with Gasteiger partial charge in [0, 0.05) is 23.2 Å². The zero-order chi connectivity index (χ0) is 15.7.